The molecule has 0 aliphatic carbocycles. The summed E-state index contributed by atoms with van der Waals surface area (Å²) in [4.78, 5) is 38.6. The van der Waals surface area contributed by atoms with Crippen molar-refractivity contribution in [3.8, 4) is 0 Å². The van der Waals surface area contributed by atoms with Gasteiger partial charge in [0.05, 0.1) is 0 Å². The van der Waals surface area contributed by atoms with Crippen molar-refractivity contribution >= 4 is 17.7 Å². The van der Waals surface area contributed by atoms with Gasteiger partial charge in [-0.1, -0.05) is 32.0 Å². The fourth-order valence-electron chi connectivity index (χ4n) is 3.36. The van der Waals surface area contributed by atoms with E-state index >= 15 is 0 Å². The third-order valence-corrected chi connectivity index (χ3v) is 4.91. The molecule has 2 rings (SSSR count). The number of carbonyl (C=O) groups is 3. The molecule has 1 unspecified atom stereocenters. The number of amides is 3. The molecular weight excluding hydrogens is 330 g/mol. The van der Waals surface area contributed by atoms with Gasteiger partial charge in [0.15, 0.2) is 0 Å². The van der Waals surface area contributed by atoms with Gasteiger partial charge in [-0.3, -0.25) is 14.4 Å². The maximum atomic E-state index is 13.0. The van der Waals surface area contributed by atoms with Crippen LogP contribution in [0.25, 0.3) is 0 Å². The summed E-state index contributed by atoms with van der Waals surface area (Å²) >= 11 is 0. The van der Waals surface area contributed by atoms with E-state index in [4.69, 9.17) is 5.73 Å². The van der Waals surface area contributed by atoms with Crippen molar-refractivity contribution in [2.45, 2.75) is 46.1 Å². The first-order valence-electron chi connectivity index (χ1n) is 9.24. The average Bonchev–Trinajstić information content (AvgIpc) is 2.60. The van der Waals surface area contributed by atoms with E-state index in [1.54, 1.807) is 11.0 Å². The highest BCUT2D eigenvalue weighted by molar-refractivity contribution is 5.98. The number of likely N-dealkylation sites (tertiary alicyclic amines) is 1. The number of rotatable bonds is 6. The predicted molar refractivity (Wildman–Crippen MR) is 100 cm³/mol. The van der Waals surface area contributed by atoms with Gasteiger partial charge in [-0.25, -0.2) is 0 Å². The van der Waals surface area contributed by atoms with Crippen molar-refractivity contribution in [3.63, 3.8) is 0 Å². The van der Waals surface area contributed by atoms with E-state index < -0.39 is 6.04 Å². The first-order chi connectivity index (χ1) is 12.3. The van der Waals surface area contributed by atoms with Gasteiger partial charge >= 0.3 is 0 Å². The van der Waals surface area contributed by atoms with Crippen molar-refractivity contribution in [1.82, 2.24) is 10.2 Å². The molecule has 3 N–H and O–H groups in total. The molecule has 1 aliphatic rings. The van der Waals surface area contributed by atoms with E-state index in [1.165, 1.54) is 0 Å². The molecule has 0 spiro atoms. The van der Waals surface area contributed by atoms with Crippen LogP contribution < -0.4 is 11.1 Å². The van der Waals surface area contributed by atoms with Crippen LogP contribution in [0.4, 0.5) is 0 Å². The number of nitrogens with one attached hydrogen (secondary N) is 1. The second-order valence-electron chi connectivity index (χ2n) is 7.47. The number of aryl methyl sites for hydroxylation is 1. The zero-order chi connectivity index (χ0) is 19.3. The normalized spacial score (nSPS) is 16.4. The van der Waals surface area contributed by atoms with Gasteiger partial charge in [0.2, 0.25) is 11.8 Å². The summed E-state index contributed by atoms with van der Waals surface area (Å²) in [6, 6.07) is 6.77. The lowest BCUT2D eigenvalue weighted by atomic mass is 9.94. The summed E-state index contributed by atoms with van der Waals surface area (Å²) in [6.07, 6.45) is 1.74. The monoisotopic (exact) mass is 359 g/mol. The fraction of sp³-hybridized carbons (Fsp3) is 0.550. The fourth-order valence-corrected chi connectivity index (χ4v) is 3.36. The Morgan fingerprint density at radius 2 is 1.81 bits per heavy atom. The summed E-state index contributed by atoms with van der Waals surface area (Å²) in [6.45, 7) is 6.93. The molecule has 0 radical (unpaired) electrons. The van der Waals surface area contributed by atoms with Crippen LogP contribution in [0.5, 0.6) is 0 Å². The molecule has 0 bridgehead atoms. The van der Waals surface area contributed by atoms with Gasteiger partial charge in [-0.05, 0) is 43.7 Å². The largest absolute Gasteiger partial charge is 0.369 e. The Morgan fingerprint density at radius 1 is 1.19 bits per heavy atom. The van der Waals surface area contributed by atoms with Crippen molar-refractivity contribution in [3.05, 3.63) is 35.4 Å². The lowest BCUT2D eigenvalue weighted by Gasteiger charge is -2.34. The average molecular weight is 359 g/mol. The summed E-state index contributed by atoms with van der Waals surface area (Å²) < 4.78 is 0. The molecule has 1 fully saturated rings. The molecule has 3 amide bonds. The molecule has 1 saturated heterocycles. The number of hydrogen-bond acceptors (Lipinski definition) is 3. The maximum absolute atomic E-state index is 13.0. The summed E-state index contributed by atoms with van der Waals surface area (Å²) in [5.41, 5.74) is 6.82. The van der Waals surface area contributed by atoms with Gasteiger partial charge in [0.25, 0.3) is 5.91 Å². The predicted octanol–water partition coefficient (Wildman–Crippen LogP) is 1.86. The summed E-state index contributed by atoms with van der Waals surface area (Å²) in [5.74, 6) is -0.505. The zero-order valence-electron chi connectivity index (χ0n) is 15.8. The Bertz CT molecular complexity index is 664. The minimum atomic E-state index is -0.563. The van der Waals surface area contributed by atoms with E-state index in [0.717, 1.165) is 5.56 Å². The van der Waals surface area contributed by atoms with Crippen LogP contribution in [0, 0.1) is 18.8 Å². The molecule has 142 valence electrons. The first-order valence-corrected chi connectivity index (χ1v) is 9.24. The minimum absolute atomic E-state index is 0.0800. The number of nitrogens with two attached hydrogens (primary N) is 1. The van der Waals surface area contributed by atoms with Gasteiger partial charge in [0, 0.05) is 24.6 Å². The Balaban J connectivity index is 2.07. The smallest absolute Gasteiger partial charge is 0.252 e. The van der Waals surface area contributed by atoms with Gasteiger partial charge < -0.3 is 16.0 Å². The van der Waals surface area contributed by atoms with E-state index in [-0.39, 0.29) is 29.6 Å². The van der Waals surface area contributed by atoms with E-state index in [1.807, 2.05) is 39.0 Å². The van der Waals surface area contributed by atoms with E-state index in [9.17, 15) is 14.4 Å². The standard InChI is InChI=1S/C20H29N3O3/c1-13(2)12-17(22-19(25)16-7-5-4-6-14(16)3)20(26)23-10-8-15(9-11-23)18(21)24/h4-7,13,15,17H,8-12H2,1-3H3,(H2,21,24)(H,22,25). The quantitative estimate of drug-likeness (QED) is 0.812. The second-order valence-corrected chi connectivity index (χ2v) is 7.47. The van der Waals surface area contributed by atoms with Crippen molar-refractivity contribution in [2.75, 3.05) is 13.1 Å². The maximum Gasteiger partial charge on any atom is 0.252 e. The van der Waals surface area contributed by atoms with Crippen LogP contribution in [0.1, 0.15) is 49.0 Å². The van der Waals surface area contributed by atoms with Crippen LogP contribution in [0.2, 0.25) is 0 Å². The summed E-state index contributed by atoms with van der Waals surface area (Å²) in [7, 11) is 0. The molecule has 1 aliphatic heterocycles. The third-order valence-electron chi connectivity index (χ3n) is 4.91. The van der Waals surface area contributed by atoms with Crippen LogP contribution in [-0.4, -0.2) is 41.8 Å². The number of carbonyl (C=O) groups excluding carboxylic acids is 3. The number of benzene rings is 1. The molecule has 1 aromatic carbocycles. The van der Waals surface area contributed by atoms with Gasteiger partial charge in [0.1, 0.15) is 6.04 Å². The first kappa shape index (κ1) is 19.9. The third kappa shape index (κ3) is 5.07. The van der Waals surface area contributed by atoms with Crippen LogP contribution in [0.3, 0.4) is 0 Å². The number of primary amides is 1. The SMILES string of the molecule is Cc1ccccc1C(=O)NC(CC(C)C)C(=O)N1CCC(C(N)=O)CC1. The number of nitrogens with zero attached hydrogens (tertiary/aromatic N) is 1. The second kappa shape index (κ2) is 8.83. The van der Waals surface area contributed by atoms with Gasteiger partial charge in [-0.15, -0.1) is 0 Å². The molecule has 6 heteroatoms. The summed E-state index contributed by atoms with van der Waals surface area (Å²) in [5, 5.41) is 2.91. The lowest BCUT2D eigenvalue weighted by Crippen LogP contribution is -2.52. The van der Waals surface area contributed by atoms with Crippen molar-refractivity contribution in [2.24, 2.45) is 17.6 Å². The Labute approximate surface area is 155 Å². The van der Waals surface area contributed by atoms with Crippen molar-refractivity contribution < 1.29 is 14.4 Å². The Morgan fingerprint density at radius 3 is 2.35 bits per heavy atom. The van der Waals surface area contributed by atoms with E-state index in [0.29, 0.717) is 37.9 Å². The molecule has 0 saturated carbocycles. The Hall–Kier alpha value is -2.37. The van der Waals surface area contributed by atoms with Crippen LogP contribution in [-0.2, 0) is 9.59 Å². The highest BCUT2D eigenvalue weighted by Crippen LogP contribution is 2.19. The number of hydrogen-bond donors (Lipinski definition) is 2. The molecular formula is C20H29N3O3. The minimum Gasteiger partial charge on any atom is -0.369 e. The van der Waals surface area contributed by atoms with Crippen LogP contribution in [0.15, 0.2) is 24.3 Å². The van der Waals surface area contributed by atoms with E-state index in [2.05, 4.69) is 5.32 Å². The molecule has 6 nitrogen and oxygen atoms in total. The topological polar surface area (TPSA) is 92.5 Å². The Kier molecular flexibility index (Phi) is 6.77. The zero-order valence-corrected chi connectivity index (χ0v) is 15.8. The van der Waals surface area contributed by atoms with Crippen molar-refractivity contribution in [1.29, 1.82) is 0 Å². The molecule has 0 aromatic heterocycles. The highest BCUT2D eigenvalue weighted by atomic mass is 16.2. The van der Waals surface area contributed by atoms with Gasteiger partial charge in [-0.2, -0.15) is 0 Å². The van der Waals surface area contributed by atoms with Crippen LogP contribution >= 0.6 is 0 Å². The molecule has 1 aromatic rings. The lowest BCUT2D eigenvalue weighted by molar-refractivity contribution is -0.137. The highest BCUT2D eigenvalue weighted by Gasteiger charge is 2.31. The molecule has 26 heavy (non-hydrogen) atoms. The number of piperidine rings is 1. The molecule has 1 atom stereocenters. The molecule has 1 heterocycles.